The Balaban J connectivity index is 1.52. The Morgan fingerprint density at radius 1 is 0.977 bits per heavy atom. The molecule has 43 heavy (non-hydrogen) atoms. The zero-order chi connectivity index (χ0) is 30.7. The van der Waals surface area contributed by atoms with E-state index < -0.39 is 0 Å². The topological polar surface area (TPSA) is 87.7 Å². The third-order valence-electron chi connectivity index (χ3n) is 9.27. The van der Waals surface area contributed by atoms with E-state index >= 15 is 0 Å². The average molecular weight is 589 g/mol. The number of amides is 2. The third kappa shape index (κ3) is 6.87. The molecular weight excluding hydrogens is 540 g/mol. The number of carbonyl (C=O) groups is 2. The van der Waals surface area contributed by atoms with Crippen molar-refractivity contribution < 1.29 is 14.1 Å². The predicted octanol–water partition coefficient (Wildman–Crippen LogP) is 5.82. The van der Waals surface area contributed by atoms with Crippen molar-refractivity contribution in [3.63, 3.8) is 0 Å². The van der Waals surface area contributed by atoms with Gasteiger partial charge >= 0.3 is 0 Å². The van der Waals surface area contributed by atoms with Gasteiger partial charge in [0, 0.05) is 55.9 Å². The van der Waals surface area contributed by atoms with Crippen molar-refractivity contribution >= 4 is 17.5 Å². The van der Waals surface area contributed by atoms with E-state index in [1.54, 1.807) is 0 Å². The summed E-state index contributed by atoms with van der Waals surface area (Å²) in [5, 5.41) is 8.89. The molecule has 1 aliphatic heterocycles. The van der Waals surface area contributed by atoms with Crippen LogP contribution in [0.25, 0.3) is 0 Å². The van der Waals surface area contributed by atoms with Gasteiger partial charge in [-0.2, -0.15) is 5.10 Å². The highest BCUT2D eigenvalue weighted by molar-refractivity contribution is 5.97. The van der Waals surface area contributed by atoms with Crippen molar-refractivity contribution in [2.75, 3.05) is 31.1 Å². The van der Waals surface area contributed by atoms with E-state index in [4.69, 9.17) is 4.52 Å². The van der Waals surface area contributed by atoms with Crippen molar-refractivity contribution in [1.29, 1.82) is 0 Å². The van der Waals surface area contributed by atoms with Crippen LogP contribution in [-0.2, 0) is 17.9 Å². The molecule has 3 aromatic rings. The molecule has 3 heterocycles. The molecule has 1 aliphatic carbocycles. The summed E-state index contributed by atoms with van der Waals surface area (Å²) in [5.74, 6) is 0.773. The van der Waals surface area contributed by atoms with Crippen molar-refractivity contribution in [3.8, 4) is 0 Å². The Kier molecular flexibility index (Phi) is 9.69. The maximum atomic E-state index is 14.4. The molecule has 0 spiro atoms. The van der Waals surface area contributed by atoms with E-state index in [2.05, 4.69) is 53.0 Å². The van der Waals surface area contributed by atoms with E-state index in [0.717, 1.165) is 79.0 Å². The highest BCUT2D eigenvalue weighted by Crippen LogP contribution is 2.33. The molecule has 1 saturated carbocycles. The molecular formula is C34H48N6O3. The molecule has 9 heteroatoms. The lowest BCUT2D eigenvalue weighted by Gasteiger charge is -2.33. The summed E-state index contributed by atoms with van der Waals surface area (Å²) >= 11 is 0. The quantitative estimate of drug-likeness (QED) is 0.373. The third-order valence-corrected chi connectivity index (χ3v) is 9.27. The summed E-state index contributed by atoms with van der Waals surface area (Å²) in [6, 6.07) is 8.54. The van der Waals surface area contributed by atoms with Crippen LogP contribution in [-0.4, -0.2) is 68.8 Å². The van der Waals surface area contributed by atoms with Crippen LogP contribution in [0.4, 0.5) is 5.69 Å². The largest absolute Gasteiger partial charge is 0.361 e. The number of aromatic nitrogens is 3. The first-order valence-electron chi connectivity index (χ1n) is 16.0. The fraction of sp³-hybridized carbons (Fsp3) is 0.588. The average Bonchev–Trinajstić information content (AvgIpc) is 3.50. The fourth-order valence-electron chi connectivity index (χ4n) is 6.78. The number of fused-ring (bicyclic) bond motifs is 1. The minimum absolute atomic E-state index is 0.0697. The molecule has 2 aliphatic rings. The number of hydrogen-bond acceptors (Lipinski definition) is 6. The molecule has 1 fully saturated rings. The molecule has 0 atom stereocenters. The Labute approximate surface area is 256 Å². The normalized spacial score (nSPS) is 17.7. The molecule has 2 aromatic heterocycles. The molecule has 0 bridgehead atoms. The van der Waals surface area contributed by atoms with E-state index in [9.17, 15) is 9.59 Å². The van der Waals surface area contributed by atoms with E-state index in [1.165, 1.54) is 6.42 Å². The number of aryl methyl sites for hydroxylation is 4. The van der Waals surface area contributed by atoms with Crippen LogP contribution in [0.2, 0.25) is 0 Å². The molecule has 5 rings (SSSR count). The highest BCUT2D eigenvalue weighted by atomic mass is 16.5. The van der Waals surface area contributed by atoms with Gasteiger partial charge in [-0.25, -0.2) is 0 Å². The van der Waals surface area contributed by atoms with Crippen LogP contribution in [0.3, 0.4) is 0 Å². The number of rotatable bonds is 5. The van der Waals surface area contributed by atoms with Crippen LogP contribution in [0.5, 0.6) is 0 Å². The second-order valence-corrected chi connectivity index (χ2v) is 12.8. The summed E-state index contributed by atoms with van der Waals surface area (Å²) in [6.07, 6.45) is 6.25. The van der Waals surface area contributed by atoms with E-state index in [0.29, 0.717) is 43.7 Å². The first kappa shape index (κ1) is 31.0. The summed E-state index contributed by atoms with van der Waals surface area (Å²) in [7, 11) is 0. The van der Waals surface area contributed by atoms with Crippen molar-refractivity contribution in [3.05, 3.63) is 63.8 Å². The van der Waals surface area contributed by atoms with Crippen LogP contribution < -0.4 is 4.90 Å². The number of benzene rings is 1. The molecule has 0 saturated heterocycles. The highest BCUT2D eigenvalue weighted by Gasteiger charge is 2.32. The van der Waals surface area contributed by atoms with Gasteiger partial charge in [0.2, 0.25) is 5.91 Å². The summed E-state index contributed by atoms with van der Waals surface area (Å²) in [6.45, 7) is 15.9. The van der Waals surface area contributed by atoms with Gasteiger partial charge in [0.1, 0.15) is 5.76 Å². The Morgan fingerprint density at radius 2 is 1.74 bits per heavy atom. The van der Waals surface area contributed by atoms with Crippen LogP contribution in [0.15, 0.2) is 28.8 Å². The second kappa shape index (κ2) is 13.5. The van der Waals surface area contributed by atoms with Gasteiger partial charge in [0.05, 0.1) is 17.9 Å². The first-order valence-corrected chi connectivity index (χ1v) is 16.0. The van der Waals surface area contributed by atoms with E-state index in [1.807, 2.05) is 42.5 Å². The Morgan fingerprint density at radius 3 is 2.44 bits per heavy atom. The molecule has 0 radical (unpaired) electrons. The fourth-order valence-corrected chi connectivity index (χ4v) is 6.78. The summed E-state index contributed by atoms with van der Waals surface area (Å²) in [5.41, 5.74) is 6.07. The minimum atomic E-state index is -0.158. The molecule has 0 N–H and O–H groups in total. The maximum absolute atomic E-state index is 14.4. The number of nitrogens with zero attached hydrogens (tertiary/aromatic N) is 6. The van der Waals surface area contributed by atoms with Crippen LogP contribution >= 0.6 is 0 Å². The Bertz CT molecular complexity index is 1430. The molecule has 1 aromatic carbocycles. The lowest BCUT2D eigenvalue weighted by Crippen LogP contribution is -2.42. The zero-order valence-corrected chi connectivity index (χ0v) is 26.9. The van der Waals surface area contributed by atoms with Gasteiger partial charge < -0.3 is 14.3 Å². The Hall–Kier alpha value is -3.46. The molecule has 0 unspecified atom stereocenters. The SMILES string of the molecule is Cc1cc(C)n(Cc2c(C(=O)N3CCN(C(C)C)CCCN(C(=O)C4CCCCC4)c4c(C)cccc4C3)noc2C)n1. The lowest BCUT2D eigenvalue weighted by molar-refractivity contribution is -0.123. The molecule has 9 nitrogen and oxygen atoms in total. The second-order valence-electron chi connectivity index (χ2n) is 12.8. The van der Waals surface area contributed by atoms with Gasteiger partial charge in [0.15, 0.2) is 5.69 Å². The van der Waals surface area contributed by atoms with Gasteiger partial charge in [0.25, 0.3) is 5.91 Å². The van der Waals surface area contributed by atoms with Crippen molar-refractivity contribution in [2.24, 2.45) is 5.92 Å². The predicted molar refractivity (Wildman–Crippen MR) is 168 cm³/mol. The van der Waals surface area contributed by atoms with Crippen LogP contribution in [0, 0.1) is 33.6 Å². The first-order chi connectivity index (χ1) is 20.6. The smallest absolute Gasteiger partial charge is 0.276 e. The van der Waals surface area contributed by atoms with Gasteiger partial charge in [-0.05, 0) is 78.0 Å². The summed E-state index contributed by atoms with van der Waals surface area (Å²) < 4.78 is 7.50. The van der Waals surface area contributed by atoms with Gasteiger partial charge in [-0.15, -0.1) is 0 Å². The van der Waals surface area contributed by atoms with Crippen molar-refractivity contribution in [1.82, 2.24) is 24.7 Å². The van der Waals surface area contributed by atoms with Crippen molar-refractivity contribution in [2.45, 2.75) is 99.2 Å². The van der Waals surface area contributed by atoms with Crippen LogP contribution in [0.1, 0.15) is 96.7 Å². The van der Waals surface area contributed by atoms with Gasteiger partial charge in [-0.3, -0.25) is 19.2 Å². The van der Waals surface area contributed by atoms with Gasteiger partial charge in [-0.1, -0.05) is 42.6 Å². The maximum Gasteiger partial charge on any atom is 0.276 e. The number of anilines is 1. The number of para-hydroxylation sites is 1. The van der Waals surface area contributed by atoms with E-state index in [-0.39, 0.29) is 17.7 Å². The zero-order valence-electron chi connectivity index (χ0n) is 26.9. The standard InChI is InChI=1S/C34H48N6O3/c1-23(2)37-16-11-17-39(33(41)28-13-8-7-9-14-28)32-24(3)12-10-15-29(32)21-38(19-18-37)34(42)31-30(27(6)43-36-31)22-40-26(5)20-25(4)35-40/h10,12,15,20,23,28H,7-9,11,13-14,16-19,21-22H2,1-6H3. The molecule has 232 valence electrons. The molecule has 2 amide bonds. The lowest BCUT2D eigenvalue weighted by atomic mass is 9.87. The minimum Gasteiger partial charge on any atom is -0.361 e. The number of hydrogen-bond donors (Lipinski definition) is 0. The summed E-state index contributed by atoms with van der Waals surface area (Å²) in [4.78, 5) is 34.9. The monoisotopic (exact) mass is 588 g/mol. The number of carbonyl (C=O) groups excluding carboxylic acids is 2.